The molecule has 18 heavy (non-hydrogen) atoms. The Morgan fingerprint density at radius 2 is 2.11 bits per heavy atom. The second kappa shape index (κ2) is 6.55. The first-order chi connectivity index (χ1) is 8.78. The molecule has 0 bridgehead atoms. The standard InChI is InChI=1S/C15H21NO2/c1-18-15-4-2-3-13(9-15)11-16-10-12-5-7-14(17)8-6-12/h2-4,9,12,16H,5-8,10-11H2,1H3. The van der Waals surface area contributed by atoms with Crippen LogP contribution in [-0.2, 0) is 11.3 Å². The molecule has 0 spiro atoms. The van der Waals surface area contributed by atoms with Crippen molar-refractivity contribution in [3.8, 4) is 5.75 Å². The molecule has 1 aromatic rings. The molecule has 1 N–H and O–H groups in total. The maximum Gasteiger partial charge on any atom is 0.132 e. The van der Waals surface area contributed by atoms with Gasteiger partial charge in [0.15, 0.2) is 0 Å². The number of ether oxygens (including phenoxy) is 1. The monoisotopic (exact) mass is 247 g/mol. The number of methoxy groups -OCH3 is 1. The van der Waals surface area contributed by atoms with Crippen LogP contribution in [0.1, 0.15) is 31.2 Å². The molecule has 1 aliphatic rings. The Balaban J connectivity index is 1.73. The molecule has 1 saturated carbocycles. The molecule has 1 aromatic carbocycles. The van der Waals surface area contributed by atoms with E-state index in [1.165, 1.54) is 5.56 Å². The highest BCUT2D eigenvalue weighted by atomic mass is 16.5. The van der Waals surface area contributed by atoms with E-state index in [0.717, 1.165) is 44.5 Å². The fourth-order valence-corrected chi connectivity index (χ4v) is 2.41. The Morgan fingerprint density at radius 1 is 1.33 bits per heavy atom. The van der Waals surface area contributed by atoms with E-state index in [-0.39, 0.29) is 0 Å². The molecule has 1 aliphatic carbocycles. The van der Waals surface area contributed by atoms with Crippen molar-refractivity contribution in [3.63, 3.8) is 0 Å². The van der Waals surface area contributed by atoms with E-state index in [0.29, 0.717) is 11.7 Å². The minimum atomic E-state index is 0.430. The third-order valence-corrected chi connectivity index (χ3v) is 3.56. The molecule has 1 fully saturated rings. The second-order valence-electron chi connectivity index (χ2n) is 4.96. The first-order valence-corrected chi connectivity index (χ1v) is 6.63. The molecular formula is C15H21NO2. The van der Waals surface area contributed by atoms with Gasteiger partial charge in [0, 0.05) is 19.4 Å². The molecule has 0 unspecified atom stereocenters. The summed E-state index contributed by atoms with van der Waals surface area (Å²) in [6.45, 7) is 1.87. The van der Waals surface area contributed by atoms with Gasteiger partial charge >= 0.3 is 0 Å². The van der Waals surface area contributed by atoms with Crippen molar-refractivity contribution < 1.29 is 9.53 Å². The minimum absolute atomic E-state index is 0.430. The predicted octanol–water partition coefficient (Wildman–Crippen LogP) is 2.54. The quantitative estimate of drug-likeness (QED) is 0.869. The number of rotatable bonds is 5. The van der Waals surface area contributed by atoms with Crippen molar-refractivity contribution in [2.45, 2.75) is 32.2 Å². The maximum atomic E-state index is 11.1. The topological polar surface area (TPSA) is 38.3 Å². The number of nitrogens with one attached hydrogen (secondary N) is 1. The van der Waals surface area contributed by atoms with Crippen molar-refractivity contribution in [1.29, 1.82) is 0 Å². The molecule has 98 valence electrons. The average molecular weight is 247 g/mol. The SMILES string of the molecule is COc1cccc(CNCC2CCC(=O)CC2)c1. The fraction of sp³-hybridized carbons (Fsp3) is 0.533. The summed E-state index contributed by atoms with van der Waals surface area (Å²) in [6.07, 6.45) is 3.63. The molecule has 0 aliphatic heterocycles. The van der Waals surface area contributed by atoms with Gasteiger partial charge in [0.05, 0.1) is 7.11 Å². The lowest BCUT2D eigenvalue weighted by Crippen LogP contribution is -2.26. The largest absolute Gasteiger partial charge is 0.497 e. The molecule has 2 rings (SSSR count). The lowest BCUT2D eigenvalue weighted by Gasteiger charge is -2.21. The molecule has 0 saturated heterocycles. The Bertz CT molecular complexity index is 393. The van der Waals surface area contributed by atoms with E-state index in [4.69, 9.17) is 4.74 Å². The van der Waals surface area contributed by atoms with Gasteiger partial charge in [0.25, 0.3) is 0 Å². The first kappa shape index (κ1) is 13.1. The highest BCUT2D eigenvalue weighted by Gasteiger charge is 2.17. The van der Waals surface area contributed by atoms with Crippen molar-refractivity contribution in [3.05, 3.63) is 29.8 Å². The summed E-state index contributed by atoms with van der Waals surface area (Å²) in [4.78, 5) is 11.1. The molecule has 0 radical (unpaired) electrons. The maximum absolute atomic E-state index is 11.1. The number of hydrogen-bond donors (Lipinski definition) is 1. The molecule has 3 heteroatoms. The third kappa shape index (κ3) is 3.84. The van der Waals surface area contributed by atoms with Gasteiger partial charge in [-0.2, -0.15) is 0 Å². The molecule has 0 aromatic heterocycles. The lowest BCUT2D eigenvalue weighted by atomic mass is 9.88. The Kier molecular flexibility index (Phi) is 4.76. The van der Waals surface area contributed by atoms with Crippen molar-refractivity contribution in [1.82, 2.24) is 5.32 Å². The first-order valence-electron chi connectivity index (χ1n) is 6.63. The predicted molar refractivity (Wildman–Crippen MR) is 71.7 cm³/mol. The molecule has 3 nitrogen and oxygen atoms in total. The van der Waals surface area contributed by atoms with E-state index in [1.54, 1.807) is 7.11 Å². The van der Waals surface area contributed by atoms with Gasteiger partial charge in [0.2, 0.25) is 0 Å². The number of carbonyl (C=O) groups is 1. The normalized spacial score (nSPS) is 16.8. The van der Waals surface area contributed by atoms with Crippen molar-refractivity contribution in [2.75, 3.05) is 13.7 Å². The van der Waals surface area contributed by atoms with E-state index < -0.39 is 0 Å². The van der Waals surface area contributed by atoms with Crippen LogP contribution in [0.2, 0.25) is 0 Å². The summed E-state index contributed by atoms with van der Waals surface area (Å²) in [6, 6.07) is 8.11. The number of Topliss-reactive ketones (excluding diaryl/α,β-unsaturated/α-hetero) is 1. The number of benzene rings is 1. The van der Waals surface area contributed by atoms with E-state index in [9.17, 15) is 4.79 Å². The van der Waals surface area contributed by atoms with E-state index in [1.807, 2.05) is 12.1 Å². The number of hydrogen-bond acceptors (Lipinski definition) is 3. The summed E-state index contributed by atoms with van der Waals surface area (Å²) >= 11 is 0. The second-order valence-corrected chi connectivity index (χ2v) is 4.96. The molecule has 0 heterocycles. The minimum Gasteiger partial charge on any atom is -0.497 e. The summed E-state index contributed by atoms with van der Waals surface area (Å²) < 4.78 is 5.20. The molecule has 0 amide bonds. The van der Waals surface area contributed by atoms with Crippen LogP contribution in [-0.4, -0.2) is 19.4 Å². The van der Waals surface area contributed by atoms with Gasteiger partial charge in [-0.25, -0.2) is 0 Å². The van der Waals surface area contributed by atoms with E-state index >= 15 is 0 Å². The van der Waals surface area contributed by atoms with Crippen LogP contribution in [0.3, 0.4) is 0 Å². The van der Waals surface area contributed by atoms with Crippen LogP contribution < -0.4 is 10.1 Å². The van der Waals surface area contributed by atoms with Crippen LogP contribution in [0.15, 0.2) is 24.3 Å². The van der Waals surface area contributed by atoms with Gasteiger partial charge in [-0.3, -0.25) is 4.79 Å². The third-order valence-electron chi connectivity index (χ3n) is 3.56. The highest BCUT2D eigenvalue weighted by Crippen LogP contribution is 2.20. The smallest absolute Gasteiger partial charge is 0.132 e. The summed E-state index contributed by atoms with van der Waals surface area (Å²) in [5, 5.41) is 3.47. The van der Waals surface area contributed by atoms with Crippen LogP contribution >= 0.6 is 0 Å². The fourth-order valence-electron chi connectivity index (χ4n) is 2.41. The zero-order chi connectivity index (χ0) is 12.8. The summed E-state index contributed by atoms with van der Waals surface area (Å²) in [5.41, 5.74) is 1.24. The molecular weight excluding hydrogens is 226 g/mol. The van der Waals surface area contributed by atoms with E-state index in [2.05, 4.69) is 17.4 Å². The Hall–Kier alpha value is -1.35. The number of ketones is 1. The Labute approximate surface area is 109 Å². The van der Waals surface area contributed by atoms with Gasteiger partial charge in [-0.05, 0) is 43.0 Å². The zero-order valence-electron chi connectivity index (χ0n) is 10.9. The van der Waals surface area contributed by atoms with Crippen LogP contribution in [0.25, 0.3) is 0 Å². The average Bonchev–Trinajstić information content (AvgIpc) is 2.41. The lowest BCUT2D eigenvalue weighted by molar-refractivity contribution is -0.120. The van der Waals surface area contributed by atoms with Crippen molar-refractivity contribution >= 4 is 5.78 Å². The molecule has 0 atom stereocenters. The Morgan fingerprint density at radius 3 is 2.83 bits per heavy atom. The van der Waals surface area contributed by atoms with Crippen molar-refractivity contribution in [2.24, 2.45) is 5.92 Å². The summed E-state index contributed by atoms with van der Waals surface area (Å²) in [5.74, 6) is 1.99. The van der Waals surface area contributed by atoms with Gasteiger partial charge < -0.3 is 10.1 Å². The van der Waals surface area contributed by atoms with Gasteiger partial charge in [-0.15, -0.1) is 0 Å². The van der Waals surface area contributed by atoms with Crippen LogP contribution in [0.4, 0.5) is 0 Å². The highest BCUT2D eigenvalue weighted by molar-refractivity contribution is 5.79. The number of carbonyl (C=O) groups excluding carboxylic acids is 1. The van der Waals surface area contributed by atoms with Gasteiger partial charge in [-0.1, -0.05) is 12.1 Å². The zero-order valence-corrected chi connectivity index (χ0v) is 10.9. The van der Waals surface area contributed by atoms with Crippen LogP contribution in [0, 0.1) is 5.92 Å². The summed E-state index contributed by atoms with van der Waals surface area (Å²) in [7, 11) is 1.69. The van der Waals surface area contributed by atoms with Crippen LogP contribution in [0.5, 0.6) is 5.75 Å². The van der Waals surface area contributed by atoms with Gasteiger partial charge in [0.1, 0.15) is 11.5 Å².